The Labute approximate surface area is 109 Å². The summed E-state index contributed by atoms with van der Waals surface area (Å²) < 4.78 is 7.58. The third-order valence-electron chi connectivity index (χ3n) is 3.19. The molecule has 1 N–H and O–H groups in total. The molecule has 1 aromatic heterocycles. The molecular formula is C11H13Cl2NOS. The van der Waals surface area contributed by atoms with Crippen LogP contribution < -0.4 is 5.32 Å². The summed E-state index contributed by atoms with van der Waals surface area (Å²) in [7, 11) is 0. The zero-order chi connectivity index (χ0) is 11.1. The van der Waals surface area contributed by atoms with Gasteiger partial charge in [0, 0.05) is 18.7 Å². The van der Waals surface area contributed by atoms with Gasteiger partial charge in [-0.1, -0.05) is 23.2 Å². The molecule has 0 aromatic carbocycles. The van der Waals surface area contributed by atoms with Gasteiger partial charge < -0.3 is 10.1 Å². The first-order chi connectivity index (χ1) is 7.74. The molecule has 2 fully saturated rings. The summed E-state index contributed by atoms with van der Waals surface area (Å²) in [5.41, 5.74) is 1.04. The molecule has 16 heavy (non-hydrogen) atoms. The van der Waals surface area contributed by atoms with Crippen LogP contribution in [0.4, 0.5) is 0 Å². The molecule has 0 bridgehead atoms. The van der Waals surface area contributed by atoms with Crippen molar-refractivity contribution in [3.05, 3.63) is 20.3 Å². The van der Waals surface area contributed by atoms with Crippen LogP contribution in [0.1, 0.15) is 24.5 Å². The van der Waals surface area contributed by atoms with E-state index < -0.39 is 0 Å². The Kier molecular flexibility index (Phi) is 3.15. The van der Waals surface area contributed by atoms with Crippen molar-refractivity contribution in [3.63, 3.8) is 0 Å². The fraction of sp³-hybridized carbons (Fsp3) is 0.636. The van der Waals surface area contributed by atoms with E-state index in [1.54, 1.807) is 0 Å². The molecule has 1 saturated heterocycles. The Balaban J connectivity index is 1.76. The minimum absolute atomic E-state index is 0.0654. The van der Waals surface area contributed by atoms with Gasteiger partial charge in [0.15, 0.2) is 0 Å². The average molecular weight is 278 g/mol. The molecule has 2 heterocycles. The first-order valence-corrected chi connectivity index (χ1v) is 7.12. The van der Waals surface area contributed by atoms with E-state index in [4.69, 9.17) is 27.9 Å². The number of hydrogen-bond acceptors (Lipinski definition) is 3. The van der Waals surface area contributed by atoms with E-state index in [0.29, 0.717) is 6.10 Å². The van der Waals surface area contributed by atoms with Gasteiger partial charge in [0.2, 0.25) is 0 Å². The third-order valence-corrected chi connectivity index (χ3v) is 4.71. The molecule has 0 spiro atoms. The van der Waals surface area contributed by atoms with E-state index in [2.05, 4.69) is 5.32 Å². The lowest BCUT2D eigenvalue weighted by Crippen LogP contribution is -2.41. The van der Waals surface area contributed by atoms with Gasteiger partial charge in [0.1, 0.15) is 4.34 Å². The smallest absolute Gasteiger partial charge is 0.100 e. The van der Waals surface area contributed by atoms with Crippen molar-refractivity contribution in [1.82, 2.24) is 5.32 Å². The number of nitrogens with one attached hydrogen (secondary N) is 1. The highest BCUT2D eigenvalue weighted by Gasteiger charge is 2.36. The van der Waals surface area contributed by atoms with Crippen molar-refractivity contribution in [2.24, 2.45) is 5.92 Å². The Morgan fingerprint density at radius 3 is 2.75 bits per heavy atom. The third kappa shape index (κ3) is 2.24. The molecule has 0 radical (unpaired) electrons. The molecule has 2 unspecified atom stereocenters. The predicted molar refractivity (Wildman–Crippen MR) is 67.5 cm³/mol. The molecule has 88 valence electrons. The predicted octanol–water partition coefficient (Wildman–Crippen LogP) is 3.49. The van der Waals surface area contributed by atoms with Crippen LogP contribution in [0.25, 0.3) is 0 Å². The minimum Gasteiger partial charge on any atom is -0.367 e. The van der Waals surface area contributed by atoms with Gasteiger partial charge in [-0.3, -0.25) is 0 Å². The summed E-state index contributed by atoms with van der Waals surface area (Å²) in [4.78, 5) is 0. The Bertz CT molecular complexity index is 391. The maximum absolute atomic E-state index is 6.15. The van der Waals surface area contributed by atoms with Crippen molar-refractivity contribution in [2.75, 3.05) is 13.1 Å². The van der Waals surface area contributed by atoms with Crippen LogP contribution in [0.15, 0.2) is 6.07 Å². The van der Waals surface area contributed by atoms with E-state index in [0.717, 1.165) is 33.2 Å². The highest BCUT2D eigenvalue weighted by molar-refractivity contribution is 7.20. The van der Waals surface area contributed by atoms with E-state index >= 15 is 0 Å². The van der Waals surface area contributed by atoms with Crippen molar-refractivity contribution in [1.29, 1.82) is 0 Å². The molecule has 1 aliphatic heterocycles. The van der Waals surface area contributed by atoms with Gasteiger partial charge in [-0.05, 0) is 24.8 Å². The van der Waals surface area contributed by atoms with Gasteiger partial charge in [-0.25, -0.2) is 0 Å². The SMILES string of the molecule is Clc1cc(C2CNCC(C3CC3)O2)c(Cl)s1. The van der Waals surface area contributed by atoms with Crippen LogP contribution in [-0.4, -0.2) is 19.2 Å². The molecular weight excluding hydrogens is 265 g/mol. The summed E-state index contributed by atoms with van der Waals surface area (Å²) in [6.45, 7) is 1.80. The number of halogens is 2. The lowest BCUT2D eigenvalue weighted by Gasteiger charge is -2.31. The molecule has 2 nitrogen and oxygen atoms in total. The topological polar surface area (TPSA) is 21.3 Å². The summed E-state index contributed by atoms with van der Waals surface area (Å²) in [5.74, 6) is 0.753. The van der Waals surface area contributed by atoms with Crippen LogP contribution >= 0.6 is 34.5 Å². The van der Waals surface area contributed by atoms with Crippen LogP contribution in [0.2, 0.25) is 8.67 Å². The quantitative estimate of drug-likeness (QED) is 0.894. The normalized spacial score (nSPS) is 30.6. The average Bonchev–Trinajstić information content (AvgIpc) is 3.05. The number of thiophene rings is 1. The van der Waals surface area contributed by atoms with Crippen LogP contribution in [0, 0.1) is 5.92 Å². The first-order valence-electron chi connectivity index (χ1n) is 5.55. The van der Waals surface area contributed by atoms with Crippen molar-refractivity contribution in [3.8, 4) is 0 Å². The zero-order valence-corrected chi connectivity index (χ0v) is 11.0. The van der Waals surface area contributed by atoms with Crippen LogP contribution in [-0.2, 0) is 4.74 Å². The molecule has 2 atom stereocenters. The second-order valence-corrected chi connectivity index (χ2v) is 6.72. The minimum atomic E-state index is 0.0654. The largest absolute Gasteiger partial charge is 0.367 e. The molecule has 5 heteroatoms. The highest BCUT2D eigenvalue weighted by Crippen LogP contribution is 2.41. The Hall–Kier alpha value is 0.200. The molecule has 1 aliphatic carbocycles. The van der Waals surface area contributed by atoms with Crippen LogP contribution in [0.5, 0.6) is 0 Å². The van der Waals surface area contributed by atoms with Gasteiger partial charge >= 0.3 is 0 Å². The molecule has 1 saturated carbocycles. The second-order valence-electron chi connectivity index (χ2n) is 4.44. The number of rotatable bonds is 2. The van der Waals surface area contributed by atoms with E-state index in [-0.39, 0.29) is 6.10 Å². The van der Waals surface area contributed by atoms with Crippen molar-refractivity contribution in [2.45, 2.75) is 25.0 Å². The fourth-order valence-electron chi connectivity index (χ4n) is 2.17. The maximum atomic E-state index is 6.15. The summed E-state index contributed by atoms with van der Waals surface area (Å²) in [6.07, 6.45) is 3.03. The molecule has 0 amide bonds. The lowest BCUT2D eigenvalue weighted by atomic mass is 10.1. The number of morpholine rings is 1. The maximum Gasteiger partial charge on any atom is 0.100 e. The van der Waals surface area contributed by atoms with Gasteiger partial charge in [-0.2, -0.15) is 0 Å². The number of ether oxygens (including phenoxy) is 1. The van der Waals surface area contributed by atoms with Gasteiger partial charge in [0.25, 0.3) is 0 Å². The van der Waals surface area contributed by atoms with E-state index in [1.807, 2.05) is 6.07 Å². The fourth-order valence-corrected chi connectivity index (χ4v) is 3.72. The highest BCUT2D eigenvalue weighted by atomic mass is 35.5. The molecule has 3 rings (SSSR count). The van der Waals surface area contributed by atoms with E-state index in [9.17, 15) is 0 Å². The second kappa shape index (κ2) is 4.46. The summed E-state index contributed by atoms with van der Waals surface area (Å²) >= 11 is 13.5. The van der Waals surface area contributed by atoms with Gasteiger partial charge in [-0.15, -0.1) is 11.3 Å². The molecule has 2 aliphatic rings. The lowest BCUT2D eigenvalue weighted by molar-refractivity contribution is -0.0491. The first kappa shape index (κ1) is 11.3. The standard InChI is InChI=1S/C11H13Cl2NOS/c12-10-3-7(11(13)16-10)9-5-14-4-8(15-9)6-1-2-6/h3,6,8-9,14H,1-2,4-5H2. The van der Waals surface area contributed by atoms with Gasteiger partial charge in [0.05, 0.1) is 16.5 Å². The van der Waals surface area contributed by atoms with E-state index in [1.165, 1.54) is 24.2 Å². The summed E-state index contributed by atoms with van der Waals surface area (Å²) in [6, 6.07) is 1.93. The Morgan fingerprint density at radius 1 is 1.31 bits per heavy atom. The van der Waals surface area contributed by atoms with Crippen LogP contribution in [0.3, 0.4) is 0 Å². The van der Waals surface area contributed by atoms with Crippen molar-refractivity contribution < 1.29 is 4.74 Å². The Morgan fingerprint density at radius 2 is 2.12 bits per heavy atom. The zero-order valence-electron chi connectivity index (χ0n) is 8.71. The summed E-state index contributed by atoms with van der Waals surface area (Å²) in [5, 5.41) is 3.42. The monoisotopic (exact) mass is 277 g/mol. The number of hydrogen-bond donors (Lipinski definition) is 1. The molecule has 1 aromatic rings. The van der Waals surface area contributed by atoms with Crippen molar-refractivity contribution >= 4 is 34.5 Å².